The lowest BCUT2D eigenvalue weighted by Gasteiger charge is -2.19. The molecular formula is C15H19ClN2O2. The normalized spacial score (nSPS) is 10.4. The lowest BCUT2D eigenvalue weighted by molar-refractivity contribution is 0.0529. The maximum Gasteiger partial charge on any atom is 0.407 e. The molecule has 0 radical (unpaired) electrons. The quantitative estimate of drug-likeness (QED) is 0.517. The zero-order valence-electron chi connectivity index (χ0n) is 12.2. The second-order valence-electron chi connectivity index (χ2n) is 5.31. The van der Waals surface area contributed by atoms with Gasteiger partial charge < -0.3 is 10.1 Å². The van der Waals surface area contributed by atoms with E-state index in [1.54, 1.807) is 6.20 Å². The standard InChI is InChI=1S/C15H19ClN2O2/c1-11-9-12(10-18-13(11)16)7-5-6-8-17-14(19)20-15(2,3)4/h9-10H,6,8H2,1-4H3,(H,17,19). The van der Waals surface area contributed by atoms with Gasteiger partial charge in [-0.2, -0.15) is 0 Å². The fourth-order valence-electron chi connectivity index (χ4n) is 1.33. The molecule has 0 aliphatic heterocycles. The minimum Gasteiger partial charge on any atom is -0.444 e. The minimum absolute atomic E-state index is 0.427. The summed E-state index contributed by atoms with van der Waals surface area (Å²) in [5.41, 5.74) is 1.22. The smallest absolute Gasteiger partial charge is 0.407 e. The molecule has 0 aliphatic carbocycles. The second kappa shape index (κ2) is 7.16. The number of rotatable bonds is 2. The molecule has 1 aromatic rings. The summed E-state index contributed by atoms with van der Waals surface area (Å²) in [6, 6.07) is 1.88. The monoisotopic (exact) mass is 294 g/mol. The summed E-state index contributed by atoms with van der Waals surface area (Å²) in [4.78, 5) is 15.4. The lowest BCUT2D eigenvalue weighted by Crippen LogP contribution is -2.32. The van der Waals surface area contributed by atoms with Gasteiger partial charge >= 0.3 is 6.09 Å². The largest absolute Gasteiger partial charge is 0.444 e. The third-order valence-electron chi connectivity index (χ3n) is 2.17. The average molecular weight is 295 g/mol. The number of hydrogen-bond donors (Lipinski definition) is 1. The number of nitrogens with one attached hydrogen (secondary N) is 1. The summed E-state index contributed by atoms with van der Waals surface area (Å²) in [5, 5.41) is 3.13. The van der Waals surface area contributed by atoms with Crippen LogP contribution >= 0.6 is 11.6 Å². The molecule has 108 valence electrons. The lowest BCUT2D eigenvalue weighted by atomic mass is 10.2. The van der Waals surface area contributed by atoms with Crippen molar-refractivity contribution < 1.29 is 9.53 Å². The van der Waals surface area contributed by atoms with E-state index in [-0.39, 0.29) is 0 Å². The van der Waals surface area contributed by atoms with Crippen molar-refractivity contribution in [3.63, 3.8) is 0 Å². The van der Waals surface area contributed by atoms with Crippen LogP contribution in [0.3, 0.4) is 0 Å². The Morgan fingerprint density at radius 1 is 1.50 bits per heavy atom. The van der Waals surface area contributed by atoms with E-state index in [2.05, 4.69) is 22.1 Å². The molecular weight excluding hydrogens is 276 g/mol. The van der Waals surface area contributed by atoms with E-state index < -0.39 is 11.7 Å². The van der Waals surface area contributed by atoms with Gasteiger partial charge in [0.2, 0.25) is 0 Å². The maximum atomic E-state index is 11.4. The highest BCUT2D eigenvalue weighted by molar-refractivity contribution is 6.30. The molecule has 0 unspecified atom stereocenters. The Balaban J connectivity index is 2.36. The number of carbonyl (C=O) groups is 1. The molecule has 0 bridgehead atoms. The molecule has 1 rings (SSSR count). The van der Waals surface area contributed by atoms with E-state index in [1.165, 1.54) is 0 Å². The first-order valence-corrected chi connectivity index (χ1v) is 6.73. The summed E-state index contributed by atoms with van der Waals surface area (Å²) >= 11 is 5.83. The summed E-state index contributed by atoms with van der Waals surface area (Å²) < 4.78 is 5.11. The van der Waals surface area contributed by atoms with Crippen LogP contribution in [0.2, 0.25) is 5.15 Å². The third kappa shape index (κ3) is 6.44. The van der Waals surface area contributed by atoms with Crippen LogP contribution < -0.4 is 5.32 Å². The Morgan fingerprint density at radius 2 is 2.20 bits per heavy atom. The number of carbonyl (C=O) groups excluding carboxylic acids is 1. The molecule has 1 heterocycles. The van der Waals surface area contributed by atoms with E-state index in [9.17, 15) is 4.79 Å². The van der Waals surface area contributed by atoms with E-state index in [1.807, 2.05) is 33.8 Å². The molecule has 0 saturated heterocycles. The number of nitrogens with zero attached hydrogens (tertiary/aromatic N) is 1. The van der Waals surface area contributed by atoms with Crippen molar-refractivity contribution in [2.75, 3.05) is 6.54 Å². The zero-order valence-corrected chi connectivity index (χ0v) is 13.0. The highest BCUT2D eigenvalue weighted by atomic mass is 35.5. The Hall–Kier alpha value is -1.73. The average Bonchev–Trinajstić information content (AvgIpc) is 2.31. The van der Waals surface area contributed by atoms with Gasteiger partial charge in [-0.3, -0.25) is 0 Å². The summed E-state index contributed by atoms with van der Waals surface area (Å²) in [7, 11) is 0. The van der Waals surface area contributed by atoms with Crippen molar-refractivity contribution in [3.8, 4) is 11.8 Å². The Bertz CT molecular complexity index is 539. The van der Waals surface area contributed by atoms with Crippen LogP contribution in [-0.4, -0.2) is 23.2 Å². The van der Waals surface area contributed by atoms with Gasteiger partial charge in [-0.1, -0.05) is 23.4 Å². The summed E-state index contributed by atoms with van der Waals surface area (Å²) in [5.74, 6) is 5.93. The topological polar surface area (TPSA) is 51.2 Å². The van der Waals surface area contributed by atoms with Gasteiger partial charge in [0.1, 0.15) is 10.8 Å². The van der Waals surface area contributed by atoms with Crippen molar-refractivity contribution in [2.24, 2.45) is 0 Å². The Morgan fingerprint density at radius 3 is 2.80 bits per heavy atom. The molecule has 1 amide bonds. The molecule has 0 saturated carbocycles. The number of aryl methyl sites for hydroxylation is 1. The van der Waals surface area contributed by atoms with Crippen molar-refractivity contribution in [3.05, 3.63) is 28.5 Å². The van der Waals surface area contributed by atoms with Crippen molar-refractivity contribution in [1.29, 1.82) is 0 Å². The molecule has 5 heteroatoms. The van der Waals surface area contributed by atoms with Crippen LogP contribution in [0.25, 0.3) is 0 Å². The van der Waals surface area contributed by atoms with Gasteiger partial charge in [0.25, 0.3) is 0 Å². The first-order valence-electron chi connectivity index (χ1n) is 6.36. The zero-order chi connectivity index (χ0) is 15.2. The second-order valence-corrected chi connectivity index (χ2v) is 5.67. The molecule has 0 atom stereocenters. The predicted molar refractivity (Wildman–Crippen MR) is 79.7 cm³/mol. The Kier molecular flexibility index (Phi) is 5.84. The van der Waals surface area contributed by atoms with Crippen LogP contribution in [0.15, 0.2) is 12.3 Å². The van der Waals surface area contributed by atoms with E-state index >= 15 is 0 Å². The van der Waals surface area contributed by atoms with Crippen LogP contribution in [0.1, 0.15) is 38.3 Å². The van der Waals surface area contributed by atoms with E-state index in [0.717, 1.165) is 11.1 Å². The molecule has 0 aromatic carbocycles. The minimum atomic E-state index is -0.484. The number of aromatic nitrogens is 1. The first-order chi connectivity index (χ1) is 9.28. The van der Waals surface area contributed by atoms with Crippen LogP contribution in [0.4, 0.5) is 4.79 Å². The predicted octanol–water partition coefficient (Wildman–Crippen LogP) is 3.31. The molecule has 1 N–H and O–H groups in total. The van der Waals surface area contributed by atoms with Gasteiger partial charge in [-0.15, -0.1) is 0 Å². The highest BCUT2D eigenvalue weighted by Gasteiger charge is 2.15. The number of pyridine rings is 1. The summed E-state index contributed by atoms with van der Waals surface area (Å²) in [6.45, 7) is 7.79. The van der Waals surface area contributed by atoms with Gasteiger partial charge in [-0.05, 0) is 39.3 Å². The van der Waals surface area contributed by atoms with Gasteiger partial charge in [0.15, 0.2) is 0 Å². The van der Waals surface area contributed by atoms with Crippen molar-refractivity contribution in [1.82, 2.24) is 10.3 Å². The van der Waals surface area contributed by atoms with E-state index in [4.69, 9.17) is 16.3 Å². The van der Waals surface area contributed by atoms with Gasteiger partial charge in [0.05, 0.1) is 0 Å². The highest BCUT2D eigenvalue weighted by Crippen LogP contribution is 2.11. The number of amides is 1. The fourth-order valence-corrected chi connectivity index (χ4v) is 1.44. The van der Waals surface area contributed by atoms with E-state index in [0.29, 0.717) is 18.1 Å². The number of alkyl carbamates (subject to hydrolysis) is 1. The SMILES string of the molecule is Cc1cc(C#CCCNC(=O)OC(C)(C)C)cnc1Cl. The van der Waals surface area contributed by atoms with Crippen molar-refractivity contribution in [2.45, 2.75) is 39.7 Å². The van der Waals surface area contributed by atoms with Crippen molar-refractivity contribution >= 4 is 17.7 Å². The molecule has 0 aliphatic rings. The molecule has 1 aromatic heterocycles. The Labute approximate surface area is 124 Å². The van der Waals surface area contributed by atoms with Gasteiger partial charge in [-0.25, -0.2) is 9.78 Å². The van der Waals surface area contributed by atoms with Gasteiger partial charge in [0, 0.05) is 24.7 Å². The fraction of sp³-hybridized carbons (Fsp3) is 0.467. The molecule has 4 nitrogen and oxygen atoms in total. The van der Waals surface area contributed by atoms with Crippen LogP contribution in [0, 0.1) is 18.8 Å². The number of halogens is 1. The molecule has 20 heavy (non-hydrogen) atoms. The summed E-state index contributed by atoms with van der Waals surface area (Å²) in [6.07, 6.45) is 1.74. The van der Waals surface area contributed by atoms with Crippen LogP contribution in [-0.2, 0) is 4.74 Å². The first kappa shape index (κ1) is 16.3. The maximum absolute atomic E-state index is 11.4. The molecule has 0 spiro atoms. The number of ether oxygens (including phenoxy) is 1. The molecule has 0 fully saturated rings. The third-order valence-corrected chi connectivity index (χ3v) is 2.56. The number of hydrogen-bond acceptors (Lipinski definition) is 3. The van der Waals surface area contributed by atoms with Crippen LogP contribution in [0.5, 0.6) is 0 Å².